The fourth-order valence-corrected chi connectivity index (χ4v) is 10.3. The van der Waals surface area contributed by atoms with Gasteiger partial charge in [-0.1, -0.05) is 76.1 Å². The molecule has 0 radical (unpaired) electrons. The summed E-state index contributed by atoms with van der Waals surface area (Å²) in [6.45, 7) is 9.34. The molecule has 4 amide bonds. The molecule has 1 fully saturated rings. The van der Waals surface area contributed by atoms with Crippen molar-refractivity contribution in [2.75, 3.05) is 71.8 Å². The van der Waals surface area contributed by atoms with E-state index in [9.17, 15) is 28.0 Å². The third-order valence-electron chi connectivity index (χ3n) is 15.0. The standard InChI is InChI=1S/C62H75F2N9O10/c1-62(2,3)56(70-54(74)39-78-4)61(77)72-36-45-33-48(21-17-43(45)34-53(72)59(76)67-50-11-7-9-42-8-5-6-10-49(42)50)82-31-30-81-29-28-80-27-26-79-25-24-65-35-41-15-19-47(20-16-41)73-37-51(55(71-73)57(63)64)68-58(75)52-38-83-60(69-52)44-22-23-66-46(32-44)18-14-40-12-13-40/h5-6,8,10,15-17,19-23,32-33,37-38,40,50,53,56-57,65H,7,9,11-14,18,24-31,34-36,39H2,1-4H3,(H,67,76)(H,68,75)(H,70,74)/t50-,53?,56-/m1/s1. The van der Waals surface area contributed by atoms with Crippen molar-refractivity contribution in [2.24, 2.45) is 11.3 Å². The zero-order valence-electron chi connectivity index (χ0n) is 47.6. The molecular weight excluding hydrogens is 1070 g/mol. The smallest absolute Gasteiger partial charge is 0.284 e. The highest BCUT2D eigenvalue weighted by Crippen LogP contribution is 2.35. The highest BCUT2D eigenvalue weighted by atomic mass is 19.3. The van der Waals surface area contributed by atoms with Gasteiger partial charge in [0.2, 0.25) is 23.6 Å². The number of methoxy groups -OCH3 is 1. The predicted molar refractivity (Wildman–Crippen MR) is 305 cm³/mol. The highest BCUT2D eigenvalue weighted by molar-refractivity contribution is 6.03. The molecule has 6 aromatic rings. The van der Waals surface area contributed by atoms with E-state index in [-0.39, 0.29) is 54.9 Å². The molecule has 0 spiro atoms. The Kier molecular flexibility index (Phi) is 20.8. The van der Waals surface area contributed by atoms with Crippen molar-refractivity contribution in [1.82, 2.24) is 40.6 Å². The number of halogens is 2. The molecule has 83 heavy (non-hydrogen) atoms. The molecule has 3 atom stereocenters. The van der Waals surface area contributed by atoms with Gasteiger partial charge in [-0.05, 0) is 108 Å². The number of nitrogens with zero attached hydrogens (tertiary/aromatic N) is 5. The summed E-state index contributed by atoms with van der Waals surface area (Å²) in [4.78, 5) is 65.2. The Bertz CT molecular complexity index is 3140. The monoisotopic (exact) mass is 1140 g/mol. The van der Waals surface area contributed by atoms with Crippen LogP contribution in [0.4, 0.5) is 14.5 Å². The lowest BCUT2D eigenvalue weighted by molar-refractivity contribution is -0.147. The molecule has 0 saturated heterocycles. The number of fused-ring (bicyclic) bond motifs is 2. The number of amides is 4. The van der Waals surface area contributed by atoms with Crippen LogP contribution in [0.15, 0.2) is 102 Å². The Morgan fingerprint density at radius 2 is 1.61 bits per heavy atom. The second kappa shape index (κ2) is 28.7. The number of oxazole rings is 1. The van der Waals surface area contributed by atoms with Crippen molar-refractivity contribution in [3.05, 3.63) is 142 Å². The molecule has 2 aliphatic carbocycles. The summed E-state index contributed by atoms with van der Waals surface area (Å²) in [7, 11) is 1.42. The SMILES string of the molecule is COCC(=O)N[C@H](C(=O)N1Cc2cc(OCCOCCOCCOCCNCc3ccc(-n4cc(NC(=O)c5coc(-c6ccnc(CCC7CC7)c6)n5)c(C(F)F)n4)cc3)ccc2CC1C(=O)N[C@@H]1CCCc2ccccc21)C(C)(C)C. The number of hydrogen-bond donors (Lipinski definition) is 4. The molecule has 3 aliphatic rings. The summed E-state index contributed by atoms with van der Waals surface area (Å²) >= 11 is 0. The molecule has 21 heteroatoms. The van der Waals surface area contributed by atoms with Gasteiger partial charge in [0.1, 0.15) is 37.3 Å². The minimum absolute atomic E-state index is 0.0572. The molecule has 3 aromatic carbocycles. The first-order chi connectivity index (χ1) is 40.2. The van der Waals surface area contributed by atoms with E-state index in [1.54, 1.807) is 29.3 Å². The van der Waals surface area contributed by atoms with E-state index in [0.29, 0.717) is 76.2 Å². The van der Waals surface area contributed by atoms with E-state index in [2.05, 4.69) is 48.5 Å². The van der Waals surface area contributed by atoms with Crippen LogP contribution in [0.1, 0.15) is 115 Å². The lowest BCUT2D eigenvalue weighted by atomic mass is 9.84. The Morgan fingerprint density at radius 1 is 0.855 bits per heavy atom. The maximum Gasteiger partial charge on any atom is 0.284 e. The zero-order valence-corrected chi connectivity index (χ0v) is 47.6. The van der Waals surface area contributed by atoms with Gasteiger partial charge in [-0.3, -0.25) is 24.2 Å². The van der Waals surface area contributed by atoms with Crippen LogP contribution in [0.25, 0.3) is 17.1 Å². The maximum absolute atomic E-state index is 14.6. The van der Waals surface area contributed by atoms with Gasteiger partial charge in [-0.15, -0.1) is 0 Å². The van der Waals surface area contributed by atoms with Gasteiger partial charge in [-0.2, -0.15) is 5.10 Å². The molecule has 1 unspecified atom stereocenters. The third kappa shape index (κ3) is 16.7. The van der Waals surface area contributed by atoms with Gasteiger partial charge in [0.25, 0.3) is 12.3 Å². The molecule has 3 aromatic heterocycles. The predicted octanol–water partition coefficient (Wildman–Crippen LogP) is 8.30. The minimum Gasteiger partial charge on any atom is -0.491 e. The van der Waals surface area contributed by atoms with E-state index in [0.717, 1.165) is 66.0 Å². The average Bonchev–Trinajstić information content (AvgIpc) is 3.73. The summed E-state index contributed by atoms with van der Waals surface area (Å²) in [6, 6.07) is 22.9. The third-order valence-corrected chi connectivity index (χ3v) is 15.0. The Morgan fingerprint density at radius 3 is 2.36 bits per heavy atom. The first-order valence-electron chi connectivity index (χ1n) is 28.6. The van der Waals surface area contributed by atoms with Crippen molar-refractivity contribution in [2.45, 2.75) is 110 Å². The van der Waals surface area contributed by atoms with Gasteiger partial charge < -0.3 is 54.3 Å². The van der Waals surface area contributed by atoms with Gasteiger partial charge in [0.15, 0.2) is 11.4 Å². The van der Waals surface area contributed by atoms with Crippen LogP contribution >= 0.6 is 0 Å². The Labute approximate surface area is 482 Å². The first-order valence-corrected chi connectivity index (χ1v) is 28.6. The van der Waals surface area contributed by atoms with E-state index >= 15 is 0 Å². The minimum atomic E-state index is -2.94. The molecule has 4 N–H and O–H groups in total. The zero-order chi connectivity index (χ0) is 58.3. The van der Waals surface area contributed by atoms with Crippen molar-refractivity contribution in [3.63, 3.8) is 0 Å². The second-order valence-corrected chi connectivity index (χ2v) is 22.3. The molecule has 0 bridgehead atoms. The first kappa shape index (κ1) is 60.2. The fourth-order valence-electron chi connectivity index (χ4n) is 10.3. The number of pyridine rings is 1. The van der Waals surface area contributed by atoms with E-state index in [4.69, 9.17) is 28.1 Å². The molecule has 1 saturated carbocycles. The number of carbonyl (C=O) groups excluding carboxylic acids is 4. The van der Waals surface area contributed by atoms with Crippen LogP contribution < -0.4 is 26.0 Å². The van der Waals surface area contributed by atoms with Crippen molar-refractivity contribution in [3.8, 4) is 22.9 Å². The number of aromatic nitrogens is 4. The number of rotatable bonds is 29. The number of alkyl halides is 2. The number of hydrogen-bond acceptors (Lipinski definition) is 14. The second-order valence-electron chi connectivity index (χ2n) is 22.3. The van der Waals surface area contributed by atoms with Crippen LogP contribution in [0.3, 0.4) is 0 Å². The topological polar surface area (TPSA) is 223 Å². The van der Waals surface area contributed by atoms with Crippen LogP contribution in [-0.2, 0) is 65.7 Å². The lowest BCUT2D eigenvalue weighted by Crippen LogP contribution is -2.61. The fraction of sp³-hybridized carbons (Fsp3) is 0.468. The van der Waals surface area contributed by atoms with E-state index in [1.807, 2.05) is 69.3 Å². The summed E-state index contributed by atoms with van der Waals surface area (Å²) in [6.07, 6.45) is 8.75. The quantitative estimate of drug-likeness (QED) is 0.0325. The van der Waals surface area contributed by atoms with Gasteiger partial charge >= 0.3 is 0 Å². The van der Waals surface area contributed by atoms with Crippen LogP contribution in [0.2, 0.25) is 0 Å². The molecular formula is C62H75F2N9O10. The number of aryl methyl sites for hydroxylation is 2. The number of benzene rings is 3. The summed E-state index contributed by atoms with van der Waals surface area (Å²) in [5, 5.41) is 16.1. The average molecular weight is 1140 g/mol. The Balaban J connectivity index is 0.657. The molecule has 1 aliphatic heterocycles. The van der Waals surface area contributed by atoms with E-state index < -0.39 is 41.4 Å². The number of carbonyl (C=O) groups is 4. The van der Waals surface area contributed by atoms with Crippen molar-refractivity contribution < 1.29 is 56.1 Å². The molecule has 19 nitrogen and oxygen atoms in total. The lowest BCUT2D eigenvalue weighted by Gasteiger charge is -2.41. The number of anilines is 1. The van der Waals surface area contributed by atoms with Crippen molar-refractivity contribution in [1.29, 1.82) is 0 Å². The summed E-state index contributed by atoms with van der Waals surface area (Å²) < 4.78 is 63.4. The van der Waals surface area contributed by atoms with Crippen LogP contribution in [-0.4, -0.2) is 127 Å². The van der Waals surface area contributed by atoms with E-state index in [1.165, 1.54) is 42.7 Å². The van der Waals surface area contributed by atoms with Crippen LogP contribution in [0, 0.1) is 11.3 Å². The van der Waals surface area contributed by atoms with Crippen LogP contribution in [0.5, 0.6) is 5.75 Å². The molecule has 9 rings (SSSR count). The van der Waals surface area contributed by atoms with Gasteiger partial charge in [0, 0.05) is 50.6 Å². The summed E-state index contributed by atoms with van der Waals surface area (Å²) in [5.41, 5.74) is 5.78. The largest absolute Gasteiger partial charge is 0.491 e. The Hall–Kier alpha value is -7.43. The van der Waals surface area contributed by atoms with Gasteiger partial charge in [0.05, 0.1) is 63.3 Å². The highest BCUT2D eigenvalue weighted by Gasteiger charge is 2.43. The number of ether oxygens (including phenoxy) is 5. The molecule has 4 heterocycles. The molecule has 442 valence electrons. The van der Waals surface area contributed by atoms with Crippen molar-refractivity contribution >= 4 is 29.3 Å². The summed E-state index contributed by atoms with van der Waals surface area (Å²) in [5.74, 6) is -0.0962. The normalized spacial score (nSPS) is 16.3. The van der Waals surface area contributed by atoms with Gasteiger partial charge in [-0.25, -0.2) is 18.4 Å². The maximum atomic E-state index is 14.6. The number of nitrogens with one attached hydrogen (secondary N) is 4.